The van der Waals surface area contributed by atoms with E-state index in [2.05, 4.69) is 15.6 Å². The van der Waals surface area contributed by atoms with Crippen LogP contribution in [0.5, 0.6) is 0 Å². The van der Waals surface area contributed by atoms with E-state index in [4.69, 9.17) is 4.74 Å². The number of imide groups is 2. The number of ether oxygens (including phenoxy) is 1. The van der Waals surface area contributed by atoms with Crippen molar-refractivity contribution in [2.24, 2.45) is 5.92 Å². The van der Waals surface area contributed by atoms with Gasteiger partial charge in [-0.1, -0.05) is 11.3 Å². The normalized spacial score (nSPS) is 24.8. The lowest BCUT2D eigenvalue weighted by molar-refractivity contribution is -0.142. The van der Waals surface area contributed by atoms with E-state index in [1.807, 2.05) is 0 Å². The first-order chi connectivity index (χ1) is 14.9. The van der Waals surface area contributed by atoms with Crippen molar-refractivity contribution in [2.75, 3.05) is 7.11 Å². The number of nitrogens with zero attached hydrogens (tertiary/aromatic N) is 4. The van der Waals surface area contributed by atoms with E-state index in [0.29, 0.717) is 17.8 Å². The lowest BCUT2D eigenvalue weighted by Gasteiger charge is -2.27. The highest BCUT2D eigenvalue weighted by atomic mass is 16.5. The zero-order valence-electron chi connectivity index (χ0n) is 16.4. The SMILES string of the molecule is COC(=O)[C@@H]1C[C@@H]1c1cn(-c2cccc3c2C(=O)N(C2CCC(=O)NC2=O)C3=O)nn1. The number of fused-ring (bicyclic) bond motifs is 1. The minimum atomic E-state index is -1.04. The third-order valence-electron chi connectivity index (χ3n) is 5.88. The first kappa shape index (κ1) is 19.1. The number of hydrogen-bond acceptors (Lipinski definition) is 8. The fourth-order valence-corrected chi connectivity index (χ4v) is 4.19. The molecule has 5 rings (SSSR count). The molecule has 1 aliphatic carbocycles. The Bertz CT molecular complexity index is 1170. The zero-order valence-corrected chi connectivity index (χ0v) is 16.4. The minimum Gasteiger partial charge on any atom is -0.469 e. The van der Waals surface area contributed by atoms with Crippen LogP contribution in [0.25, 0.3) is 5.69 Å². The van der Waals surface area contributed by atoms with Crippen LogP contribution < -0.4 is 5.32 Å². The standard InChI is InChI=1S/C20H17N5O6/c1-31-20(30)11-7-10(11)12-8-24(23-22-12)13-4-2-3-9-16(13)19(29)25(18(9)28)14-5-6-15(26)21-17(14)27/h2-4,8,10-11,14H,5-7H2,1H3,(H,21,26,27)/t10-,11+,14?/m0/s1. The average molecular weight is 423 g/mol. The largest absolute Gasteiger partial charge is 0.469 e. The van der Waals surface area contributed by atoms with Crippen molar-refractivity contribution in [2.45, 2.75) is 31.2 Å². The van der Waals surface area contributed by atoms with Crippen LogP contribution in [0.2, 0.25) is 0 Å². The summed E-state index contributed by atoms with van der Waals surface area (Å²) in [5.41, 5.74) is 1.21. The van der Waals surface area contributed by atoms with Crippen LogP contribution in [0.3, 0.4) is 0 Å². The Morgan fingerprint density at radius 3 is 2.74 bits per heavy atom. The molecule has 2 fully saturated rings. The molecule has 2 aromatic rings. The number of amides is 4. The fraction of sp³-hybridized carbons (Fsp3) is 0.350. The maximum absolute atomic E-state index is 13.2. The van der Waals surface area contributed by atoms with Crippen LogP contribution in [0.4, 0.5) is 0 Å². The van der Waals surface area contributed by atoms with Gasteiger partial charge in [-0.3, -0.25) is 34.2 Å². The third kappa shape index (κ3) is 2.92. The quantitative estimate of drug-likeness (QED) is 0.533. The predicted molar refractivity (Wildman–Crippen MR) is 101 cm³/mol. The third-order valence-corrected chi connectivity index (χ3v) is 5.88. The van der Waals surface area contributed by atoms with Gasteiger partial charge in [0.15, 0.2) is 0 Å². The number of carbonyl (C=O) groups is 5. The van der Waals surface area contributed by atoms with Crippen molar-refractivity contribution < 1.29 is 28.7 Å². The number of benzene rings is 1. The summed E-state index contributed by atoms with van der Waals surface area (Å²) in [6, 6.07) is 3.71. The molecule has 11 heteroatoms. The Labute approximate surface area is 175 Å². The number of piperidine rings is 1. The van der Waals surface area contributed by atoms with Crippen molar-refractivity contribution in [3.8, 4) is 5.69 Å². The Kier molecular flexibility index (Phi) is 4.20. The molecule has 1 saturated heterocycles. The smallest absolute Gasteiger partial charge is 0.309 e. The molecule has 1 aromatic carbocycles. The van der Waals surface area contributed by atoms with Crippen molar-refractivity contribution in [3.63, 3.8) is 0 Å². The monoisotopic (exact) mass is 423 g/mol. The molecule has 31 heavy (non-hydrogen) atoms. The van der Waals surface area contributed by atoms with Gasteiger partial charge in [-0.2, -0.15) is 0 Å². The second-order valence-electron chi connectivity index (χ2n) is 7.71. The lowest BCUT2D eigenvalue weighted by atomic mass is 10.0. The number of methoxy groups -OCH3 is 1. The van der Waals surface area contributed by atoms with E-state index in [1.54, 1.807) is 18.3 Å². The van der Waals surface area contributed by atoms with Crippen LogP contribution in [0, 0.1) is 5.92 Å². The molecule has 0 bridgehead atoms. The molecule has 0 spiro atoms. The first-order valence-corrected chi connectivity index (χ1v) is 9.75. The molecule has 0 radical (unpaired) electrons. The van der Waals surface area contributed by atoms with Gasteiger partial charge in [-0.25, -0.2) is 4.68 Å². The zero-order chi connectivity index (χ0) is 21.9. The maximum Gasteiger partial charge on any atom is 0.309 e. The Morgan fingerprint density at radius 1 is 1.19 bits per heavy atom. The van der Waals surface area contributed by atoms with Gasteiger partial charge in [0.05, 0.1) is 41.7 Å². The molecule has 1 unspecified atom stereocenters. The molecule has 3 heterocycles. The van der Waals surface area contributed by atoms with E-state index in [-0.39, 0.29) is 41.8 Å². The van der Waals surface area contributed by atoms with Crippen LogP contribution >= 0.6 is 0 Å². The number of carbonyl (C=O) groups excluding carboxylic acids is 5. The Morgan fingerprint density at radius 2 is 2.00 bits per heavy atom. The Balaban J connectivity index is 1.46. The molecule has 1 aromatic heterocycles. The molecule has 3 aliphatic rings. The van der Waals surface area contributed by atoms with Crippen molar-refractivity contribution in [3.05, 3.63) is 41.2 Å². The van der Waals surface area contributed by atoms with E-state index in [0.717, 1.165) is 4.90 Å². The van der Waals surface area contributed by atoms with Gasteiger partial charge in [0, 0.05) is 12.3 Å². The van der Waals surface area contributed by atoms with Gasteiger partial charge in [-0.05, 0) is 25.0 Å². The van der Waals surface area contributed by atoms with E-state index in [9.17, 15) is 24.0 Å². The van der Waals surface area contributed by atoms with E-state index >= 15 is 0 Å². The van der Waals surface area contributed by atoms with Gasteiger partial charge >= 0.3 is 5.97 Å². The van der Waals surface area contributed by atoms with Crippen molar-refractivity contribution in [1.82, 2.24) is 25.2 Å². The fourth-order valence-electron chi connectivity index (χ4n) is 4.19. The molecule has 158 valence electrons. The van der Waals surface area contributed by atoms with Gasteiger partial charge in [0.25, 0.3) is 11.8 Å². The summed E-state index contributed by atoms with van der Waals surface area (Å²) >= 11 is 0. The van der Waals surface area contributed by atoms with Crippen LogP contribution in [-0.2, 0) is 19.1 Å². The van der Waals surface area contributed by atoms with Gasteiger partial charge in [0.1, 0.15) is 6.04 Å². The molecule has 1 N–H and O–H groups in total. The molecule has 1 saturated carbocycles. The summed E-state index contributed by atoms with van der Waals surface area (Å²) in [7, 11) is 1.33. The number of nitrogens with one attached hydrogen (secondary N) is 1. The highest BCUT2D eigenvalue weighted by Gasteiger charge is 2.48. The molecule has 11 nitrogen and oxygen atoms in total. The van der Waals surface area contributed by atoms with Crippen molar-refractivity contribution >= 4 is 29.6 Å². The topological polar surface area (TPSA) is 141 Å². The summed E-state index contributed by atoms with van der Waals surface area (Å²) in [5.74, 6) is -2.98. The predicted octanol–water partition coefficient (Wildman–Crippen LogP) is -0.0550. The average Bonchev–Trinajstić information content (AvgIpc) is 3.33. The maximum atomic E-state index is 13.2. The summed E-state index contributed by atoms with van der Waals surface area (Å²) < 4.78 is 6.14. The Hall–Kier alpha value is -3.89. The van der Waals surface area contributed by atoms with Crippen molar-refractivity contribution in [1.29, 1.82) is 0 Å². The molecular weight excluding hydrogens is 406 g/mol. The number of aromatic nitrogens is 3. The number of rotatable bonds is 4. The highest BCUT2D eigenvalue weighted by Crippen LogP contribution is 2.47. The van der Waals surface area contributed by atoms with E-state index < -0.39 is 29.7 Å². The summed E-state index contributed by atoms with van der Waals surface area (Å²) in [5, 5.41) is 10.4. The van der Waals surface area contributed by atoms with E-state index in [1.165, 1.54) is 17.9 Å². The van der Waals surface area contributed by atoms with Crippen LogP contribution in [0.1, 0.15) is 51.6 Å². The van der Waals surface area contributed by atoms with Crippen LogP contribution in [-0.4, -0.2) is 62.6 Å². The molecular formula is C20H17N5O6. The second kappa shape index (κ2) is 6.83. The first-order valence-electron chi connectivity index (χ1n) is 9.75. The highest BCUT2D eigenvalue weighted by molar-refractivity contribution is 6.24. The summed E-state index contributed by atoms with van der Waals surface area (Å²) in [4.78, 5) is 62.4. The molecule has 3 atom stereocenters. The number of hydrogen-bond donors (Lipinski definition) is 1. The van der Waals surface area contributed by atoms with Gasteiger partial charge in [-0.15, -0.1) is 5.10 Å². The number of esters is 1. The molecule has 2 aliphatic heterocycles. The second-order valence-corrected chi connectivity index (χ2v) is 7.71. The van der Waals surface area contributed by atoms with Crippen LogP contribution in [0.15, 0.2) is 24.4 Å². The lowest BCUT2D eigenvalue weighted by Crippen LogP contribution is -2.54. The minimum absolute atomic E-state index is 0.0475. The van der Waals surface area contributed by atoms with Gasteiger partial charge < -0.3 is 4.74 Å². The van der Waals surface area contributed by atoms with Gasteiger partial charge in [0.2, 0.25) is 11.8 Å². The molecule has 4 amide bonds. The summed E-state index contributed by atoms with van der Waals surface area (Å²) in [6.45, 7) is 0. The summed E-state index contributed by atoms with van der Waals surface area (Å²) in [6.07, 6.45) is 2.36.